The molecule has 2 aromatic rings. The van der Waals surface area contributed by atoms with E-state index in [4.69, 9.17) is 10.5 Å². The quantitative estimate of drug-likeness (QED) is 0.915. The van der Waals surface area contributed by atoms with Crippen LogP contribution in [0.4, 0.5) is 4.39 Å². The summed E-state index contributed by atoms with van der Waals surface area (Å²) in [6.07, 6.45) is 1.99. The van der Waals surface area contributed by atoms with Crippen LogP contribution in [0, 0.1) is 5.82 Å². The highest BCUT2D eigenvalue weighted by atomic mass is 79.9. The van der Waals surface area contributed by atoms with Gasteiger partial charge in [-0.15, -0.1) is 0 Å². The average molecular weight is 336 g/mol. The minimum Gasteiger partial charge on any atom is -0.489 e. The fourth-order valence-electron chi connectivity index (χ4n) is 2.58. The largest absolute Gasteiger partial charge is 0.489 e. The molecule has 0 saturated heterocycles. The molecule has 3 rings (SSSR count). The number of aryl methyl sites for hydroxylation is 1. The lowest BCUT2D eigenvalue weighted by molar-refractivity contribution is 0.305. The van der Waals surface area contributed by atoms with E-state index in [0.29, 0.717) is 6.61 Å². The van der Waals surface area contributed by atoms with Crippen LogP contribution in [0.3, 0.4) is 0 Å². The van der Waals surface area contributed by atoms with Gasteiger partial charge in [-0.1, -0.05) is 22.0 Å². The summed E-state index contributed by atoms with van der Waals surface area (Å²) in [5.41, 5.74) is 9.28. The van der Waals surface area contributed by atoms with Crippen molar-refractivity contribution in [2.75, 3.05) is 0 Å². The first-order valence-corrected chi connectivity index (χ1v) is 7.37. The number of nitrogens with two attached hydrogens (primary N) is 1. The van der Waals surface area contributed by atoms with Crippen LogP contribution in [-0.2, 0) is 13.0 Å². The van der Waals surface area contributed by atoms with E-state index >= 15 is 0 Å². The number of hydrogen-bond acceptors (Lipinski definition) is 2. The molecule has 2 N–H and O–H groups in total. The van der Waals surface area contributed by atoms with Gasteiger partial charge in [-0.05, 0) is 59.9 Å². The van der Waals surface area contributed by atoms with E-state index in [-0.39, 0.29) is 11.9 Å². The normalized spacial score (nSPS) is 17.1. The first kappa shape index (κ1) is 13.6. The lowest BCUT2D eigenvalue weighted by atomic mass is 10.1. The van der Waals surface area contributed by atoms with Gasteiger partial charge < -0.3 is 10.5 Å². The number of ether oxygens (including phenoxy) is 1. The van der Waals surface area contributed by atoms with E-state index < -0.39 is 0 Å². The zero-order valence-electron chi connectivity index (χ0n) is 10.9. The molecule has 0 aromatic heterocycles. The molecular formula is C16H15BrFNO. The molecule has 1 atom stereocenters. The van der Waals surface area contributed by atoms with Crippen molar-refractivity contribution in [2.45, 2.75) is 25.5 Å². The molecule has 0 fully saturated rings. The summed E-state index contributed by atoms with van der Waals surface area (Å²) >= 11 is 3.28. The maximum absolute atomic E-state index is 13.3. The standard InChI is InChI=1S/C16H15BrFNO/c17-12-5-10(6-13(18)8-12)9-20-14-2-3-15-11(7-14)1-4-16(15)19/h2-3,5-8,16H,1,4,9,19H2/t16-/m0/s1. The summed E-state index contributed by atoms with van der Waals surface area (Å²) in [7, 11) is 0. The SMILES string of the molecule is N[C@H]1CCc2cc(OCc3cc(F)cc(Br)c3)ccc21. The molecule has 0 amide bonds. The second-order valence-electron chi connectivity index (χ2n) is 5.07. The summed E-state index contributed by atoms with van der Waals surface area (Å²) in [5, 5.41) is 0. The highest BCUT2D eigenvalue weighted by molar-refractivity contribution is 9.10. The zero-order chi connectivity index (χ0) is 14.1. The Kier molecular flexibility index (Phi) is 3.76. The fraction of sp³-hybridized carbons (Fsp3) is 0.250. The van der Waals surface area contributed by atoms with Crippen molar-refractivity contribution in [3.63, 3.8) is 0 Å². The molecule has 104 valence electrons. The van der Waals surface area contributed by atoms with Crippen molar-refractivity contribution in [1.82, 2.24) is 0 Å². The number of benzene rings is 2. The van der Waals surface area contributed by atoms with Gasteiger partial charge in [0.05, 0.1) is 0 Å². The predicted octanol–water partition coefficient (Wildman–Crippen LogP) is 4.11. The van der Waals surface area contributed by atoms with Crippen LogP contribution >= 0.6 is 15.9 Å². The Balaban J connectivity index is 1.72. The third-order valence-corrected chi connectivity index (χ3v) is 4.02. The van der Waals surface area contributed by atoms with Crippen molar-refractivity contribution in [2.24, 2.45) is 5.73 Å². The van der Waals surface area contributed by atoms with Crippen molar-refractivity contribution >= 4 is 15.9 Å². The second-order valence-corrected chi connectivity index (χ2v) is 5.99. The number of fused-ring (bicyclic) bond motifs is 1. The van der Waals surface area contributed by atoms with Gasteiger partial charge in [0, 0.05) is 10.5 Å². The van der Waals surface area contributed by atoms with Crippen molar-refractivity contribution in [3.8, 4) is 5.75 Å². The Morgan fingerprint density at radius 3 is 2.90 bits per heavy atom. The van der Waals surface area contributed by atoms with E-state index in [2.05, 4.69) is 15.9 Å². The molecule has 20 heavy (non-hydrogen) atoms. The minimum atomic E-state index is -0.266. The maximum Gasteiger partial charge on any atom is 0.124 e. The zero-order valence-corrected chi connectivity index (χ0v) is 12.5. The summed E-state index contributed by atoms with van der Waals surface area (Å²) in [5.74, 6) is 0.538. The molecule has 0 radical (unpaired) electrons. The molecule has 0 unspecified atom stereocenters. The molecule has 0 spiro atoms. The van der Waals surface area contributed by atoms with Gasteiger partial charge in [-0.2, -0.15) is 0 Å². The molecule has 1 aliphatic carbocycles. The Hall–Kier alpha value is -1.39. The Morgan fingerprint density at radius 2 is 2.10 bits per heavy atom. The van der Waals surface area contributed by atoms with Gasteiger partial charge in [0.1, 0.15) is 18.2 Å². The van der Waals surface area contributed by atoms with Crippen LogP contribution in [0.25, 0.3) is 0 Å². The van der Waals surface area contributed by atoms with Crippen LogP contribution in [0.15, 0.2) is 40.9 Å². The predicted molar refractivity (Wildman–Crippen MR) is 80.1 cm³/mol. The number of hydrogen-bond donors (Lipinski definition) is 1. The van der Waals surface area contributed by atoms with Crippen LogP contribution in [-0.4, -0.2) is 0 Å². The summed E-state index contributed by atoms with van der Waals surface area (Å²) < 4.78 is 19.7. The number of rotatable bonds is 3. The third kappa shape index (κ3) is 2.86. The molecule has 0 saturated carbocycles. The van der Waals surface area contributed by atoms with Crippen molar-refractivity contribution in [1.29, 1.82) is 0 Å². The minimum absolute atomic E-state index is 0.151. The smallest absolute Gasteiger partial charge is 0.124 e. The lowest BCUT2D eigenvalue weighted by Gasteiger charge is -2.10. The summed E-state index contributed by atoms with van der Waals surface area (Å²) in [6.45, 7) is 0.348. The first-order chi connectivity index (χ1) is 9.61. The van der Waals surface area contributed by atoms with Crippen molar-refractivity contribution in [3.05, 3.63) is 63.4 Å². The van der Waals surface area contributed by atoms with Gasteiger partial charge in [0.15, 0.2) is 0 Å². The molecule has 2 aromatic carbocycles. The molecular weight excluding hydrogens is 321 g/mol. The van der Waals surface area contributed by atoms with Crippen molar-refractivity contribution < 1.29 is 9.13 Å². The third-order valence-electron chi connectivity index (χ3n) is 3.57. The fourth-order valence-corrected chi connectivity index (χ4v) is 3.09. The first-order valence-electron chi connectivity index (χ1n) is 6.58. The monoisotopic (exact) mass is 335 g/mol. The Labute approximate surface area is 125 Å². The molecule has 2 nitrogen and oxygen atoms in total. The van der Waals surface area contributed by atoms with E-state index in [1.165, 1.54) is 23.3 Å². The van der Waals surface area contributed by atoms with Gasteiger partial charge in [0.2, 0.25) is 0 Å². The molecule has 1 aliphatic rings. The average Bonchev–Trinajstić information content (AvgIpc) is 2.77. The van der Waals surface area contributed by atoms with E-state index in [0.717, 1.165) is 28.6 Å². The molecule has 4 heteroatoms. The highest BCUT2D eigenvalue weighted by Crippen LogP contribution is 2.32. The van der Waals surface area contributed by atoms with Crippen LogP contribution in [0.5, 0.6) is 5.75 Å². The van der Waals surface area contributed by atoms with Gasteiger partial charge in [-0.25, -0.2) is 4.39 Å². The van der Waals surface area contributed by atoms with E-state index in [1.807, 2.05) is 24.3 Å². The van der Waals surface area contributed by atoms with Crippen LogP contribution in [0.2, 0.25) is 0 Å². The summed E-state index contributed by atoms with van der Waals surface area (Å²) in [6, 6.07) is 10.9. The lowest BCUT2D eigenvalue weighted by Crippen LogP contribution is -2.05. The molecule has 0 bridgehead atoms. The molecule has 0 aliphatic heterocycles. The second kappa shape index (κ2) is 5.54. The Bertz CT molecular complexity index is 624. The van der Waals surface area contributed by atoms with Gasteiger partial charge in [-0.3, -0.25) is 0 Å². The van der Waals surface area contributed by atoms with Crippen LogP contribution < -0.4 is 10.5 Å². The van der Waals surface area contributed by atoms with Crippen LogP contribution in [0.1, 0.15) is 29.2 Å². The van der Waals surface area contributed by atoms with Gasteiger partial charge in [0.25, 0.3) is 0 Å². The number of halogens is 2. The summed E-state index contributed by atoms with van der Waals surface area (Å²) in [4.78, 5) is 0. The van der Waals surface area contributed by atoms with E-state index in [9.17, 15) is 4.39 Å². The molecule has 0 heterocycles. The van der Waals surface area contributed by atoms with E-state index in [1.54, 1.807) is 0 Å². The highest BCUT2D eigenvalue weighted by Gasteiger charge is 2.19. The van der Waals surface area contributed by atoms with Gasteiger partial charge >= 0.3 is 0 Å². The topological polar surface area (TPSA) is 35.2 Å². The Morgan fingerprint density at radius 1 is 1.25 bits per heavy atom. The maximum atomic E-state index is 13.3.